The van der Waals surface area contributed by atoms with Gasteiger partial charge in [0.15, 0.2) is 5.76 Å². The Morgan fingerprint density at radius 3 is 2.76 bits per heavy atom. The minimum Gasteiger partial charge on any atom is -0.494 e. The Balaban J connectivity index is 1.45. The lowest BCUT2D eigenvalue weighted by Crippen LogP contribution is -2.29. The monoisotopic (exact) mass is 410 g/mol. The first kappa shape index (κ1) is 19.3. The van der Waals surface area contributed by atoms with Gasteiger partial charge in [0.05, 0.1) is 28.8 Å². The van der Waals surface area contributed by atoms with Gasteiger partial charge in [-0.1, -0.05) is 12.1 Å². The second-order valence-corrected chi connectivity index (χ2v) is 7.84. The Bertz CT molecular complexity index is 979. The predicted molar refractivity (Wildman–Crippen MR) is 112 cm³/mol. The fraction of sp³-hybridized carbons (Fsp3) is 0.273. The van der Waals surface area contributed by atoms with E-state index in [1.807, 2.05) is 36.1 Å². The molecular weight excluding hydrogens is 388 g/mol. The van der Waals surface area contributed by atoms with Gasteiger partial charge in [0.2, 0.25) is 0 Å². The van der Waals surface area contributed by atoms with Crippen LogP contribution in [0.15, 0.2) is 59.2 Å². The normalized spacial score (nSPS) is 16.0. The second-order valence-electron chi connectivity index (χ2n) is 6.75. The molecule has 150 valence electrons. The van der Waals surface area contributed by atoms with E-state index in [1.165, 1.54) is 17.6 Å². The molecule has 6 nitrogen and oxygen atoms in total. The zero-order valence-corrected chi connectivity index (χ0v) is 16.9. The number of nitrogens with one attached hydrogen (secondary N) is 1. The molecule has 2 aromatic heterocycles. The maximum atomic E-state index is 13.1. The highest BCUT2D eigenvalue weighted by Crippen LogP contribution is 2.35. The maximum absolute atomic E-state index is 13.1. The molecule has 1 aromatic carbocycles. The fourth-order valence-corrected chi connectivity index (χ4v) is 4.41. The van der Waals surface area contributed by atoms with E-state index < -0.39 is 0 Å². The Morgan fingerprint density at radius 2 is 2.03 bits per heavy atom. The van der Waals surface area contributed by atoms with Gasteiger partial charge in [0.1, 0.15) is 5.75 Å². The topological polar surface area (TPSA) is 71.8 Å². The molecule has 1 saturated heterocycles. The van der Waals surface area contributed by atoms with Crippen molar-refractivity contribution in [3.05, 3.63) is 71.0 Å². The van der Waals surface area contributed by atoms with Crippen molar-refractivity contribution in [2.45, 2.75) is 25.8 Å². The summed E-state index contributed by atoms with van der Waals surface area (Å²) in [6, 6.07) is 14.8. The Morgan fingerprint density at radius 1 is 1.21 bits per heavy atom. The summed E-state index contributed by atoms with van der Waals surface area (Å²) in [7, 11) is 0. The Hall–Kier alpha value is -3.06. The van der Waals surface area contributed by atoms with Crippen molar-refractivity contribution < 1.29 is 18.7 Å². The minimum absolute atomic E-state index is 0.00937. The van der Waals surface area contributed by atoms with Crippen LogP contribution in [-0.4, -0.2) is 29.9 Å². The lowest BCUT2D eigenvalue weighted by Gasteiger charge is -2.24. The van der Waals surface area contributed by atoms with E-state index in [-0.39, 0.29) is 23.6 Å². The molecule has 0 radical (unpaired) electrons. The summed E-state index contributed by atoms with van der Waals surface area (Å²) in [5, 5.41) is 3.39. The van der Waals surface area contributed by atoms with Gasteiger partial charge in [-0.15, -0.1) is 11.3 Å². The predicted octanol–water partition coefficient (Wildman–Crippen LogP) is 4.97. The molecule has 1 unspecified atom stereocenters. The molecule has 3 heterocycles. The standard InChI is InChI=1S/C22H22N2O4S/c1-2-27-16-9-7-15(8-10-16)17-5-3-13-24(17)22(26)19-11-12-20(29-19)23-21(25)18-6-4-14-28-18/h4,6-12,14,17H,2-3,5,13H2,1H3,(H,23,25). The van der Waals surface area contributed by atoms with Crippen LogP contribution in [0.5, 0.6) is 5.75 Å². The molecule has 1 aliphatic heterocycles. The third kappa shape index (κ3) is 4.19. The van der Waals surface area contributed by atoms with Gasteiger partial charge in [0, 0.05) is 6.54 Å². The highest BCUT2D eigenvalue weighted by atomic mass is 32.1. The quantitative estimate of drug-likeness (QED) is 0.623. The van der Waals surface area contributed by atoms with Crippen LogP contribution in [0.3, 0.4) is 0 Å². The summed E-state index contributed by atoms with van der Waals surface area (Å²) in [6.45, 7) is 3.31. The van der Waals surface area contributed by atoms with Crippen molar-refractivity contribution in [3.63, 3.8) is 0 Å². The molecule has 1 fully saturated rings. The van der Waals surface area contributed by atoms with Crippen molar-refractivity contribution in [2.24, 2.45) is 0 Å². The molecule has 1 atom stereocenters. The highest BCUT2D eigenvalue weighted by Gasteiger charge is 2.31. The van der Waals surface area contributed by atoms with E-state index in [0.29, 0.717) is 16.5 Å². The third-order valence-electron chi connectivity index (χ3n) is 4.89. The first-order chi connectivity index (χ1) is 14.2. The molecule has 7 heteroatoms. The molecule has 0 spiro atoms. The van der Waals surface area contributed by atoms with Crippen LogP contribution in [0.2, 0.25) is 0 Å². The van der Waals surface area contributed by atoms with Crippen LogP contribution in [-0.2, 0) is 0 Å². The molecule has 3 aromatic rings. The summed E-state index contributed by atoms with van der Waals surface area (Å²) < 4.78 is 10.6. The molecule has 1 N–H and O–H groups in total. The summed E-state index contributed by atoms with van der Waals surface area (Å²) >= 11 is 1.27. The van der Waals surface area contributed by atoms with E-state index in [4.69, 9.17) is 9.15 Å². The van der Waals surface area contributed by atoms with Gasteiger partial charge >= 0.3 is 0 Å². The minimum atomic E-state index is -0.329. The molecule has 2 amide bonds. The smallest absolute Gasteiger partial charge is 0.291 e. The van der Waals surface area contributed by atoms with Crippen molar-refractivity contribution >= 4 is 28.2 Å². The number of furan rings is 1. The number of ether oxygens (including phenoxy) is 1. The number of benzene rings is 1. The fourth-order valence-electron chi connectivity index (χ4n) is 3.55. The summed E-state index contributed by atoms with van der Waals surface area (Å²) in [6.07, 6.45) is 3.36. The number of thiophene rings is 1. The maximum Gasteiger partial charge on any atom is 0.291 e. The van der Waals surface area contributed by atoms with Crippen molar-refractivity contribution in [1.29, 1.82) is 0 Å². The molecule has 1 aliphatic rings. The Kier molecular flexibility index (Phi) is 5.67. The number of hydrogen-bond acceptors (Lipinski definition) is 5. The average molecular weight is 410 g/mol. The second kappa shape index (κ2) is 8.53. The van der Waals surface area contributed by atoms with Crippen LogP contribution in [0.1, 0.15) is 51.6 Å². The van der Waals surface area contributed by atoms with Gasteiger partial charge < -0.3 is 19.4 Å². The lowest BCUT2D eigenvalue weighted by atomic mass is 10.0. The number of carbonyl (C=O) groups is 2. The van der Waals surface area contributed by atoms with Crippen LogP contribution in [0, 0.1) is 0 Å². The summed E-state index contributed by atoms with van der Waals surface area (Å²) in [5.74, 6) is 0.734. The molecular formula is C22H22N2O4S. The van der Waals surface area contributed by atoms with Crippen molar-refractivity contribution in [1.82, 2.24) is 4.90 Å². The van der Waals surface area contributed by atoms with Crippen LogP contribution in [0.4, 0.5) is 5.00 Å². The van der Waals surface area contributed by atoms with Gasteiger partial charge in [-0.3, -0.25) is 9.59 Å². The molecule has 29 heavy (non-hydrogen) atoms. The number of hydrogen-bond donors (Lipinski definition) is 1. The summed E-state index contributed by atoms with van der Waals surface area (Å²) in [5.41, 5.74) is 1.11. The zero-order chi connectivity index (χ0) is 20.2. The number of nitrogens with zero attached hydrogens (tertiary/aromatic N) is 1. The molecule has 4 rings (SSSR count). The Labute approximate surface area is 173 Å². The van der Waals surface area contributed by atoms with Gasteiger partial charge in [-0.2, -0.15) is 0 Å². The largest absolute Gasteiger partial charge is 0.494 e. The zero-order valence-electron chi connectivity index (χ0n) is 16.1. The van der Waals surface area contributed by atoms with Crippen molar-refractivity contribution in [3.8, 4) is 5.75 Å². The third-order valence-corrected chi connectivity index (χ3v) is 5.88. The van der Waals surface area contributed by atoms with Crippen molar-refractivity contribution in [2.75, 3.05) is 18.5 Å². The van der Waals surface area contributed by atoms with E-state index in [0.717, 1.165) is 30.7 Å². The molecule has 0 bridgehead atoms. The number of likely N-dealkylation sites (tertiary alicyclic amines) is 1. The number of anilines is 1. The van der Waals surface area contributed by atoms with Crippen LogP contribution in [0.25, 0.3) is 0 Å². The van der Waals surface area contributed by atoms with Crippen LogP contribution < -0.4 is 10.1 Å². The summed E-state index contributed by atoms with van der Waals surface area (Å²) in [4.78, 5) is 27.8. The van der Waals surface area contributed by atoms with Crippen LogP contribution >= 0.6 is 11.3 Å². The first-order valence-corrected chi connectivity index (χ1v) is 10.5. The average Bonchev–Trinajstić information content (AvgIpc) is 3.49. The van der Waals surface area contributed by atoms with Gasteiger partial charge in [-0.25, -0.2) is 0 Å². The lowest BCUT2D eigenvalue weighted by molar-refractivity contribution is 0.0740. The highest BCUT2D eigenvalue weighted by molar-refractivity contribution is 7.18. The first-order valence-electron chi connectivity index (χ1n) is 9.64. The number of amides is 2. The van der Waals surface area contributed by atoms with E-state index in [2.05, 4.69) is 5.32 Å². The number of rotatable bonds is 6. The van der Waals surface area contributed by atoms with E-state index in [9.17, 15) is 9.59 Å². The SMILES string of the molecule is CCOc1ccc(C2CCCN2C(=O)c2ccc(NC(=O)c3ccco3)s2)cc1. The van der Waals surface area contributed by atoms with Gasteiger partial charge in [-0.05, 0) is 61.7 Å². The molecule has 0 aliphatic carbocycles. The molecule has 0 saturated carbocycles. The number of carbonyl (C=O) groups excluding carboxylic acids is 2. The van der Waals surface area contributed by atoms with Gasteiger partial charge in [0.25, 0.3) is 11.8 Å². The van der Waals surface area contributed by atoms with E-state index in [1.54, 1.807) is 24.3 Å². The van der Waals surface area contributed by atoms with E-state index >= 15 is 0 Å².